The van der Waals surface area contributed by atoms with E-state index in [1.807, 2.05) is 18.2 Å². The molecule has 3 rings (SSSR count). The van der Waals surface area contributed by atoms with Gasteiger partial charge >= 0.3 is 6.09 Å². The van der Waals surface area contributed by atoms with Gasteiger partial charge in [-0.25, -0.2) is 4.79 Å². The topological polar surface area (TPSA) is 94.2 Å². The zero-order valence-corrected chi connectivity index (χ0v) is 15.9. The van der Waals surface area contributed by atoms with Crippen molar-refractivity contribution in [3.63, 3.8) is 0 Å². The molecule has 0 spiro atoms. The molecule has 0 saturated carbocycles. The molecule has 2 fully saturated rings. The molecule has 2 heterocycles. The molecule has 4 atom stereocenters. The molecular weight excluding hydrogens is 336 g/mol. The number of benzene rings is 1. The van der Waals surface area contributed by atoms with E-state index in [1.54, 1.807) is 40.7 Å². The molecule has 26 heavy (non-hydrogen) atoms. The van der Waals surface area contributed by atoms with Crippen LogP contribution >= 0.6 is 0 Å². The standard InChI is InChI=1S/C19H28N2O5/c1-18(2,3)26-17(23)21-13-10-24-19(4,5)25-16(13)15(22)14(21)11-8-6-7-9-12(11)20/h6-9,13-16,22H,10,20H2,1-5H3/t13-,14+,15+,16-/m1/s1. The first-order chi connectivity index (χ1) is 12.0. The third-order valence-corrected chi connectivity index (χ3v) is 4.64. The summed E-state index contributed by atoms with van der Waals surface area (Å²) in [6.07, 6.45) is -2.06. The number of carbonyl (C=O) groups excluding carboxylic acids is 1. The third-order valence-electron chi connectivity index (χ3n) is 4.64. The number of nitrogens with zero attached hydrogens (tertiary/aromatic N) is 1. The van der Waals surface area contributed by atoms with Gasteiger partial charge in [-0.15, -0.1) is 0 Å². The zero-order valence-electron chi connectivity index (χ0n) is 15.9. The Morgan fingerprint density at radius 3 is 2.62 bits per heavy atom. The average molecular weight is 364 g/mol. The minimum Gasteiger partial charge on any atom is -0.444 e. The summed E-state index contributed by atoms with van der Waals surface area (Å²) in [4.78, 5) is 14.5. The summed E-state index contributed by atoms with van der Waals surface area (Å²) in [5.74, 6) is -0.834. The highest BCUT2D eigenvalue weighted by Gasteiger charge is 2.57. The van der Waals surface area contributed by atoms with Crippen molar-refractivity contribution in [3.8, 4) is 0 Å². The van der Waals surface area contributed by atoms with E-state index >= 15 is 0 Å². The van der Waals surface area contributed by atoms with Crippen molar-refractivity contribution in [1.29, 1.82) is 0 Å². The Hall–Kier alpha value is -1.83. The van der Waals surface area contributed by atoms with Gasteiger partial charge < -0.3 is 25.1 Å². The Bertz CT molecular complexity index is 685. The lowest BCUT2D eigenvalue weighted by atomic mass is 9.98. The molecule has 2 saturated heterocycles. The number of hydrogen-bond acceptors (Lipinski definition) is 6. The first-order valence-corrected chi connectivity index (χ1v) is 8.86. The molecule has 0 aromatic heterocycles. The fourth-order valence-corrected chi connectivity index (χ4v) is 3.59. The molecule has 7 nitrogen and oxygen atoms in total. The number of aliphatic hydroxyl groups excluding tert-OH is 1. The normalized spacial score (nSPS) is 30.8. The van der Waals surface area contributed by atoms with Gasteiger partial charge in [0.05, 0.1) is 18.7 Å². The second-order valence-electron chi connectivity index (χ2n) is 8.31. The number of nitrogens with two attached hydrogens (primary N) is 1. The summed E-state index contributed by atoms with van der Waals surface area (Å²) in [5, 5.41) is 11.0. The molecular formula is C19H28N2O5. The number of aliphatic hydroxyl groups is 1. The van der Waals surface area contributed by atoms with Crippen LogP contribution in [-0.2, 0) is 14.2 Å². The Morgan fingerprint density at radius 1 is 1.35 bits per heavy atom. The fourth-order valence-electron chi connectivity index (χ4n) is 3.59. The maximum atomic E-state index is 13.0. The third kappa shape index (κ3) is 3.51. The van der Waals surface area contributed by atoms with Crippen molar-refractivity contribution in [2.24, 2.45) is 0 Å². The van der Waals surface area contributed by atoms with Crippen molar-refractivity contribution in [2.45, 2.75) is 70.3 Å². The van der Waals surface area contributed by atoms with Gasteiger partial charge in [0.1, 0.15) is 17.8 Å². The molecule has 1 aromatic rings. The van der Waals surface area contributed by atoms with E-state index < -0.39 is 41.8 Å². The molecule has 2 aliphatic rings. The van der Waals surface area contributed by atoms with Crippen LogP contribution in [0.25, 0.3) is 0 Å². The van der Waals surface area contributed by atoms with E-state index in [0.717, 1.165) is 0 Å². The lowest BCUT2D eigenvalue weighted by Gasteiger charge is -2.40. The molecule has 0 unspecified atom stereocenters. The maximum Gasteiger partial charge on any atom is 0.411 e. The smallest absolute Gasteiger partial charge is 0.411 e. The minimum absolute atomic E-state index is 0.247. The lowest BCUT2D eigenvalue weighted by Crippen LogP contribution is -2.54. The van der Waals surface area contributed by atoms with Crippen LogP contribution < -0.4 is 5.73 Å². The maximum absolute atomic E-state index is 13.0. The molecule has 1 aromatic carbocycles. The predicted octanol–water partition coefficient (Wildman–Crippen LogP) is 2.44. The van der Waals surface area contributed by atoms with E-state index in [4.69, 9.17) is 19.9 Å². The van der Waals surface area contributed by atoms with Crippen molar-refractivity contribution in [2.75, 3.05) is 12.3 Å². The van der Waals surface area contributed by atoms with Crippen LogP contribution in [0.3, 0.4) is 0 Å². The van der Waals surface area contributed by atoms with Crippen LogP contribution in [0.1, 0.15) is 46.2 Å². The van der Waals surface area contributed by atoms with Gasteiger partial charge in [-0.3, -0.25) is 4.90 Å². The highest BCUT2D eigenvalue weighted by Crippen LogP contribution is 2.44. The van der Waals surface area contributed by atoms with Gasteiger partial charge in [-0.05, 0) is 40.7 Å². The number of hydrogen-bond donors (Lipinski definition) is 2. The second-order valence-corrected chi connectivity index (χ2v) is 8.31. The van der Waals surface area contributed by atoms with Crippen LogP contribution in [0.15, 0.2) is 24.3 Å². The number of ether oxygens (including phenoxy) is 3. The van der Waals surface area contributed by atoms with Gasteiger partial charge in [-0.1, -0.05) is 18.2 Å². The Labute approximate surface area is 154 Å². The number of fused-ring (bicyclic) bond motifs is 1. The number of carbonyl (C=O) groups is 1. The Morgan fingerprint density at radius 2 is 2.00 bits per heavy atom. The summed E-state index contributed by atoms with van der Waals surface area (Å²) in [7, 11) is 0. The number of para-hydroxylation sites is 1. The molecule has 0 aliphatic carbocycles. The van der Waals surface area contributed by atoms with Gasteiger partial charge in [0.15, 0.2) is 5.79 Å². The Kier molecular flexibility index (Phi) is 4.67. The van der Waals surface area contributed by atoms with Gasteiger partial charge in [0.2, 0.25) is 0 Å². The SMILES string of the molecule is CC(C)(C)OC(=O)N1[C@@H]2COC(C)(C)O[C@H]2[C@@H](O)[C@@H]1c1ccccc1N. The molecule has 0 radical (unpaired) electrons. The zero-order chi connectivity index (χ0) is 19.3. The van der Waals surface area contributed by atoms with Gasteiger partial charge in [0, 0.05) is 11.3 Å². The molecule has 3 N–H and O–H groups in total. The lowest BCUT2D eigenvalue weighted by molar-refractivity contribution is -0.291. The van der Waals surface area contributed by atoms with Crippen LogP contribution in [0.2, 0.25) is 0 Å². The number of amides is 1. The second kappa shape index (κ2) is 6.40. The summed E-state index contributed by atoms with van der Waals surface area (Å²) < 4.78 is 17.3. The highest BCUT2D eigenvalue weighted by atomic mass is 16.7. The minimum atomic E-state index is -0.944. The summed E-state index contributed by atoms with van der Waals surface area (Å²) in [5.41, 5.74) is 6.64. The summed E-state index contributed by atoms with van der Waals surface area (Å²) in [6, 6.07) is 6.07. The highest BCUT2D eigenvalue weighted by molar-refractivity contribution is 5.71. The Balaban J connectivity index is 2.01. The van der Waals surface area contributed by atoms with E-state index in [0.29, 0.717) is 11.3 Å². The van der Waals surface area contributed by atoms with Crippen molar-refractivity contribution < 1.29 is 24.1 Å². The van der Waals surface area contributed by atoms with Crippen LogP contribution in [0.4, 0.5) is 10.5 Å². The monoisotopic (exact) mass is 364 g/mol. The molecule has 1 amide bonds. The van der Waals surface area contributed by atoms with E-state index in [1.165, 1.54) is 4.90 Å². The molecule has 144 valence electrons. The molecule has 2 aliphatic heterocycles. The fraction of sp³-hybridized carbons (Fsp3) is 0.632. The van der Waals surface area contributed by atoms with E-state index in [2.05, 4.69) is 0 Å². The number of anilines is 1. The quantitative estimate of drug-likeness (QED) is 0.744. The molecule has 7 heteroatoms. The van der Waals surface area contributed by atoms with Gasteiger partial charge in [-0.2, -0.15) is 0 Å². The van der Waals surface area contributed by atoms with Crippen LogP contribution in [0, 0.1) is 0 Å². The largest absolute Gasteiger partial charge is 0.444 e. The first kappa shape index (κ1) is 18.9. The van der Waals surface area contributed by atoms with Gasteiger partial charge in [0.25, 0.3) is 0 Å². The van der Waals surface area contributed by atoms with Crippen molar-refractivity contribution >= 4 is 11.8 Å². The number of rotatable bonds is 1. The van der Waals surface area contributed by atoms with E-state index in [9.17, 15) is 9.90 Å². The first-order valence-electron chi connectivity index (χ1n) is 8.86. The average Bonchev–Trinajstić information content (AvgIpc) is 2.78. The summed E-state index contributed by atoms with van der Waals surface area (Å²) >= 11 is 0. The number of likely N-dealkylation sites (tertiary alicyclic amines) is 1. The van der Waals surface area contributed by atoms with Crippen molar-refractivity contribution in [3.05, 3.63) is 29.8 Å². The number of nitrogen functional groups attached to an aromatic ring is 1. The predicted molar refractivity (Wildman–Crippen MR) is 96.4 cm³/mol. The van der Waals surface area contributed by atoms with Crippen molar-refractivity contribution in [1.82, 2.24) is 4.90 Å². The summed E-state index contributed by atoms with van der Waals surface area (Å²) in [6.45, 7) is 9.24. The molecule has 0 bridgehead atoms. The van der Waals surface area contributed by atoms with Crippen LogP contribution in [-0.4, -0.2) is 52.3 Å². The van der Waals surface area contributed by atoms with E-state index in [-0.39, 0.29) is 6.61 Å². The van der Waals surface area contributed by atoms with Crippen LogP contribution in [0.5, 0.6) is 0 Å².